The molecule has 0 amide bonds. The zero-order valence-corrected chi connectivity index (χ0v) is 15.8. The molecule has 0 spiro atoms. The molecular weight excluding hydrogens is 348 g/mol. The molecule has 142 valence electrons. The summed E-state index contributed by atoms with van der Waals surface area (Å²) in [7, 11) is 1.53. The summed E-state index contributed by atoms with van der Waals surface area (Å²) in [6, 6.07) is 9.16. The molecule has 0 fully saturated rings. The van der Waals surface area contributed by atoms with Gasteiger partial charge >= 0.3 is 5.97 Å². The highest BCUT2D eigenvalue weighted by Crippen LogP contribution is 2.51. The number of carbonyl (C=O) groups is 2. The molecule has 1 atom stereocenters. The maximum Gasteiger partial charge on any atom is 0.304 e. The lowest BCUT2D eigenvalue weighted by molar-refractivity contribution is -0.170. The van der Waals surface area contributed by atoms with Crippen molar-refractivity contribution in [2.75, 3.05) is 7.11 Å². The zero-order chi connectivity index (χ0) is 19.6. The van der Waals surface area contributed by atoms with E-state index in [9.17, 15) is 9.59 Å². The maximum atomic E-state index is 13.4. The van der Waals surface area contributed by atoms with Crippen molar-refractivity contribution in [1.82, 2.24) is 9.55 Å². The molecule has 1 aliphatic rings. The van der Waals surface area contributed by atoms with Gasteiger partial charge in [-0.3, -0.25) is 9.59 Å². The largest absolute Gasteiger partial charge is 0.489 e. The molecule has 3 rings (SSSR count). The summed E-state index contributed by atoms with van der Waals surface area (Å²) in [6.07, 6.45) is 2.96. The van der Waals surface area contributed by atoms with Crippen LogP contribution in [0.1, 0.15) is 32.2 Å². The van der Waals surface area contributed by atoms with Gasteiger partial charge in [-0.25, -0.2) is 4.98 Å². The normalized spacial score (nSPS) is 19.2. The highest BCUT2D eigenvalue weighted by Gasteiger charge is 2.63. The predicted molar refractivity (Wildman–Crippen MR) is 97.3 cm³/mol. The summed E-state index contributed by atoms with van der Waals surface area (Å²) in [5.74, 6) is -0.442. The van der Waals surface area contributed by atoms with Crippen LogP contribution in [0.25, 0.3) is 5.57 Å². The highest BCUT2D eigenvalue weighted by atomic mass is 16.6. The standard InChI is InChI=1S/C20H22N2O5/c1-13(2)26-18-16(15-8-6-5-7-9-15)17(24)20(18,27-14(3)23)19-21-10-11-22(19)12-25-4/h5-11,13H,12H2,1-4H3. The number of benzene rings is 1. The van der Waals surface area contributed by atoms with Crippen molar-refractivity contribution in [3.05, 3.63) is 59.9 Å². The maximum absolute atomic E-state index is 13.4. The summed E-state index contributed by atoms with van der Waals surface area (Å²) in [5, 5.41) is 0. The molecule has 0 bridgehead atoms. The Kier molecular flexibility index (Phi) is 5.14. The summed E-state index contributed by atoms with van der Waals surface area (Å²) in [4.78, 5) is 29.6. The van der Waals surface area contributed by atoms with E-state index in [4.69, 9.17) is 14.2 Å². The molecule has 1 aromatic heterocycles. The Labute approximate surface area is 157 Å². The third-order valence-corrected chi connectivity index (χ3v) is 4.11. The van der Waals surface area contributed by atoms with Gasteiger partial charge in [-0.1, -0.05) is 30.3 Å². The molecule has 1 aromatic carbocycles. The Balaban J connectivity index is 2.23. The summed E-state index contributed by atoms with van der Waals surface area (Å²) < 4.78 is 18.3. The molecule has 0 aliphatic heterocycles. The second-order valence-corrected chi connectivity index (χ2v) is 6.48. The Hall–Kier alpha value is -2.93. The quantitative estimate of drug-likeness (QED) is 0.697. The lowest BCUT2D eigenvalue weighted by atomic mass is 9.73. The van der Waals surface area contributed by atoms with Gasteiger partial charge in [0.25, 0.3) is 5.60 Å². The molecule has 2 aromatic rings. The predicted octanol–water partition coefficient (Wildman–Crippen LogP) is 2.66. The first-order valence-corrected chi connectivity index (χ1v) is 8.63. The first-order valence-electron chi connectivity index (χ1n) is 8.63. The number of nitrogens with zero attached hydrogens (tertiary/aromatic N) is 2. The van der Waals surface area contributed by atoms with Crippen LogP contribution in [0.2, 0.25) is 0 Å². The van der Waals surface area contributed by atoms with Crippen molar-refractivity contribution in [2.24, 2.45) is 0 Å². The minimum atomic E-state index is -1.72. The Bertz CT molecular complexity index is 885. The van der Waals surface area contributed by atoms with E-state index in [-0.39, 0.29) is 30.2 Å². The second kappa shape index (κ2) is 7.36. The van der Waals surface area contributed by atoms with Gasteiger partial charge in [-0.2, -0.15) is 0 Å². The first kappa shape index (κ1) is 18.8. The lowest BCUT2D eigenvalue weighted by Gasteiger charge is -2.42. The van der Waals surface area contributed by atoms with Gasteiger partial charge in [-0.15, -0.1) is 0 Å². The molecule has 0 saturated carbocycles. The Morgan fingerprint density at radius 2 is 1.96 bits per heavy atom. The van der Waals surface area contributed by atoms with Crippen molar-refractivity contribution in [3.63, 3.8) is 0 Å². The van der Waals surface area contributed by atoms with Gasteiger partial charge in [-0.05, 0) is 19.4 Å². The van der Waals surface area contributed by atoms with Crippen LogP contribution in [-0.4, -0.2) is 34.5 Å². The van der Waals surface area contributed by atoms with Gasteiger partial charge in [0, 0.05) is 26.4 Å². The van der Waals surface area contributed by atoms with E-state index in [0.717, 1.165) is 0 Å². The zero-order valence-electron chi connectivity index (χ0n) is 15.8. The van der Waals surface area contributed by atoms with Crippen molar-refractivity contribution in [2.45, 2.75) is 39.2 Å². The number of imidazole rings is 1. The van der Waals surface area contributed by atoms with E-state index in [2.05, 4.69) is 4.98 Å². The fourth-order valence-corrected chi connectivity index (χ4v) is 3.16. The number of hydrogen-bond donors (Lipinski definition) is 0. The average Bonchev–Trinajstić information content (AvgIpc) is 3.08. The molecule has 1 unspecified atom stereocenters. The number of rotatable bonds is 7. The fraction of sp³-hybridized carbons (Fsp3) is 0.350. The number of ketones is 1. The number of carbonyl (C=O) groups excluding carboxylic acids is 2. The van der Waals surface area contributed by atoms with Crippen LogP contribution >= 0.6 is 0 Å². The third-order valence-electron chi connectivity index (χ3n) is 4.11. The monoisotopic (exact) mass is 370 g/mol. The molecule has 0 saturated heterocycles. The molecule has 0 N–H and O–H groups in total. The summed E-state index contributed by atoms with van der Waals surface area (Å²) in [6.45, 7) is 5.10. The first-order chi connectivity index (χ1) is 12.9. The average molecular weight is 370 g/mol. The molecule has 0 radical (unpaired) electrons. The number of hydrogen-bond acceptors (Lipinski definition) is 6. The van der Waals surface area contributed by atoms with Gasteiger partial charge in [0.15, 0.2) is 11.6 Å². The third kappa shape index (κ3) is 3.14. The van der Waals surface area contributed by atoms with Crippen molar-refractivity contribution in [1.29, 1.82) is 0 Å². The number of esters is 1. The Morgan fingerprint density at radius 3 is 2.56 bits per heavy atom. The second-order valence-electron chi connectivity index (χ2n) is 6.48. The van der Waals surface area contributed by atoms with Crippen LogP contribution in [0.3, 0.4) is 0 Å². The van der Waals surface area contributed by atoms with Crippen molar-refractivity contribution < 1.29 is 23.8 Å². The number of ether oxygens (including phenoxy) is 3. The van der Waals surface area contributed by atoms with E-state index in [1.165, 1.54) is 20.2 Å². The van der Waals surface area contributed by atoms with Gasteiger partial charge in [0.1, 0.15) is 6.73 Å². The lowest BCUT2D eigenvalue weighted by Crippen LogP contribution is -2.53. The molecule has 7 heteroatoms. The minimum Gasteiger partial charge on any atom is -0.489 e. The van der Waals surface area contributed by atoms with Crippen LogP contribution in [0.5, 0.6) is 0 Å². The number of aromatic nitrogens is 2. The minimum absolute atomic E-state index is 0.154. The number of methoxy groups -OCH3 is 1. The summed E-state index contributed by atoms with van der Waals surface area (Å²) >= 11 is 0. The summed E-state index contributed by atoms with van der Waals surface area (Å²) in [5.41, 5.74) is -0.633. The molecule has 27 heavy (non-hydrogen) atoms. The van der Waals surface area contributed by atoms with E-state index < -0.39 is 11.6 Å². The van der Waals surface area contributed by atoms with E-state index in [1.54, 1.807) is 10.8 Å². The van der Waals surface area contributed by atoms with Crippen molar-refractivity contribution >= 4 is 17.3 Å². The molecular formula is C20H22N2O5. The highest BCUT2D eigenvalue weighted by molar-refractivity contribution is 6.33. The van der Waals surface area contributed by atoms with Crippen LogP contribution in [-0.2, 0) is 36.1 Å². The van der Waals surface area contributed by atoms with Gasteiger partial charge in [0.2, 0.25) is 5.78 Å². The topological polar surface area (TPSA) is 79.7 Å². The van der Waals surface area contributed by atoms with Crippen LogP contribution in [0.15, 0.2) is 48.5 Å². The van der Waals surface area contributed by atoms with Gasteiger partial charge in [0.05, 0.1) is 11.7 Å². The molecule has 1 heterocycles. The Morgan fingerprint density at radius 1 is 1.26 bits per heavy atom. The van der Waals surface area contributed by atoms with Crippen molar-refractivity contribution in [3.8, 4) is 0 Å². The van der Waals surface area contributed by atoms with Gasteiger partial charge < -0.3 is 18.8 Å². The van der Waals surface area contributed by atoms with E-state index >= 15 is 0 Å². The molecule has 1 aliphatic carbocycles. The van der Waals surface area contributed by atoms with E-state index in [1.807, 2.05) is 44.2 Å². The van der Waals surface area contributed by atoms with Crippen LogP contribution < -0.4 is 0 Å². The smallest absolute Gasteiger partial charge is 0.304 e. The van der Waals surface area contributed by atoms with Crippen LogP contribution in [0, 0.1) is 0 Å². The van der Waals surface area contributed by atoms with Crippen LogP contribution in [0.4, 0.5) is 0 Å². The fourth-order valence-electron chi connectivity index (χ4n) is 3.16. The molecule has 7 nitrogen and oxygen atoms in total. The SMILES string of the molecule is COCn1ccnc1C1(OC(C)=O)C(=O)C(c2ccccc2)=C1OC(C)C. The van der Waals surface area contributed by atoms with E-state index in [0.29, 0.717) is 11.1 Å². The number of Topliss-reactive ketones (excluding diaryl/α,β-unsaturated/α-hetero) is 1.